The number of halogens is 1. The number of ether oxygens (including phenoxy) is 3. The van der Waals surface area contributed by atoms with Gasteiger partial charge < -0.3 is 24.6 Å². The number of aliphatic hydroxyl groups is 1. The lowest BCUT2D eigenvalue weighted by Crippen LogP contribution is -2.44. The van der Waals surface area contributed by atoms with E-state index in [1.54, 1.807) is 30.1 Å². The van der Waals surface area contributed by atoms with Crippen molar-refractivity contribution in [3.63, 3.8) is 0 Å². The third-order valence-corrected chi connectivity index (χ3v) is 7.00. The van der Waals surface area contributed by atoms with Gasteiger partial charge in [0, 0.05) is 36.0 Å². The SMILES string of the molecule is COc1ccc2ccc(F)c(C[C@H](O)[C@@H]3CC[C@@H](NCc4cc5c(cn4)OCS5)CO3)c2n1. The van der Waals surface area contributed by atoms with Gasteiger partial charge in [0.05, 0.1) is 48.2 Å². The maximum absolute atomic E-state index is 14.6. The molecule has 0 bridgehead atoms. The lowest BCUT2D eigenvalue weighted by Gasteiger charge is -2.32. The van der Waals surface area contributed by atoms with E-state index >= 15 is 0 Å². The van der Waals surface area contributed by atoms with Crippen LogP contribution in [0, 0.1) is 5.82 Å². The number of fused-ring (bicyclic) bond motifs is 2. The molecular weight excluding hydrogens is 445 g/mol. The summed E-state index contributed by atoms with van der Waals surface area (Å²) < 4.78 is 31.2. The molecule has 0 aliphatic carbocycles. The lowest BCUT2D eigenvalue weighted by atomic mass is 9.95. The molecule has 174 valence electrons. The molecule has 0 radical (unpaired) electrons. The first-order valence-electron chi connectivity index (χ1n) is 11.0. The predicted molar refractivity (Wildman–Crippen MR) is 123 cm³/mol. The van der Waals surface area contributed by atoms with E-state index in [0.717, 1.165) is 28.1 Å². The average molecular weight is 472 g/mol. The van der Waals surface area contributed by atoms with Gasteiger partial charge in [0.15, 0.2) is 5.75 Å². The molecule has 1 saturated heterocycles. The Kier molecular flexibility index (Phi) is 6.64. The Hall–Kier alpha value is -2.46. The van der Waals surface area contributed by atoms with Crippen LogP contribution in [0.25, 0.3) is 10.9 Å². The molecule has 0 spiro atoms. The number of rotatable bonds is 7. The summed E-state index contributed by atoms with van der Waals surface area (Å²) >= 11 is 1.67. The standard InChI is InChI=1S/C24H26FN3O4S/c1-30-23-7-3-14-2-5-18(25)17(24(14)28-23)9-19(29)20-6-4-15(12-31-20)26-10-16-8-22-21(11-27-16)32-13-33-22/h2-3,5,7-8,11,15,19-20,26,29H,4,6,9-10,12-13H2,1H3/t15-,19+,20+/m1/s1. The quantitative estimate of drug-likeness (QED) is 0.542. The molecule has 0 saturated carbocycles. The van der Waals surface area contributed by atoms with Crippen molar-refractivity contribution in [1.82, 2.24) is 15.3 Å². The summed E-state index contributed by atoms with van der Waals surface area (Å²) in [5, 5.41) is 15.1. The molecule has 1 aromatic carbocycles. The largest absolute Gasteiger partial charge is 0.481 e. The molecular formula is C24H26FN3O4S. The number of methoxy groups -OCH3 is 1. The van der Waals surface area contributed by atoms with Gasteiger partial charge in [-0.2, -0.15) is 0 Å². The fourth-order valence-corrected chi connectivity index (χ4v) is 5.06. The zero-order chi connectivity index (χ0) is 22.8. The van der Waals surface area contributed by atoms with Crippen molar-refractivity contribution in [2.24, 2.45) is 0 Å². The summed E-state index contributed by atoms with van der Waals surface area (Å²) in [7, 11) is 1.52. The molecule has 4 heterocycles. The molecule has 2 aliphatic heterocycles. The molecule has 3 aromatic rings. The summed E-state index contributed by atoms with van der Waals surface area (Å²) in [4.78, 5) is 9.96. The van der Waals surface area contributed by atoms with Gasteiger partial charge in [-0.15, -0.1) is 0 Å². The number of pyridine rings is 2. The highest BCUT2D eigenvalue weighted by molar-refractivity contribution is 7.99. The van der Waals surface area contributed by atoms with Gasteiger partial charge >= 0.3 is 0 Å². The zero-order valence-corrected chi connectivity index (χ0v) is 19.1. The lowest BCUT2D eigenvalue weighted by molar-refractivity contribution is -0.0719. The van der Waals surface area contributed by atoms with Crippen molar-refractivity contribution in [3.8, 4) is 11.6 Å². The molecule has 9 heteroatoms. The number of benzene rings is 1. The van der Waals surface area contributed by atoms with Crippen LogP contribution in [0.1, 0.15) is 24.1 Å². The molecule has 0 unspecified atom stereocenters. The normalized spacial score (nSPS) is 20.9. The van der Waals surface area contributed by atoms with Gasteiger partial charge in [0.25, 0.3) is 0 Å². The van der Waals surface area contributed by atoms with Crippen LogP contribution < -0.4 is 14.8 Å². The van der Waals surface area contributed by atoms with Crippen LogP contribution in [0.3, 0.4) is 0 Å². The highest BCUT2D eigenvalue weighted by atomic mass is 32.2. The highest BCUT2D eigenvalue weighted by Gasteiger charge is 2.28. The smallest absolute Gasteiger partial charge is 0.213 e. The van der Waals surface area contributed by atoms with Crippen molar-refractivity contribution in [2.45, 2.75) is 49.0 Å². The van der Waals surface area contributed by atoms with E-state index in [1.807, 2.05) is 6.07 Å². The van der Waals surface area contributed by atoms with E-state index in [-0.39, 0.29) is 24.4 Å². The fraction of sp³-hybridized carbons (Fsp3) is 0.417. The Labute approximate surface area is 195 Å². The van der Waals surface area contributed by atoms with Gasteiger partial charge in [-0.05, 0) is 37.1 Å². The Balaban J connectivity index is 1.17. The van der Waals surface area contributed by atoms with Crippen molar-refractivity contribution in [2.75, 3.05) is 19.7 Å². The van der Waals surface area contributed by atoms with E-state index in [9.17, 15) is 9.50 Å². The van der Waals surface area contributed by atoms with Crippen molar-refractivity contribution in [1.29, 1.82) is 0 Å². The van der Waals surface area contributed by atoms with Crippen LogP contribution in [0.2, 0.25) is 0 Å². The third kappa shape index (κ3) is 4.91. The summed E-state index contributed by atoms with van der Waals surface area (Å²) in [6.07, 6.45) is 2.26. The Morgan fingerprint density at radius 3 is 3.00 bits per heavy atom. The van der Waals surface area contributed by atoms with Gasteiger partial charge in [-0.1, -0.05) is 11.8 Å². The van der Waals surface area contributed by atoms with E-state index < -0.39 is 6.10 Å². The van der Waals surface area contributed by atoms with Crippen LogP contribution in [0.5, 0.6) is 11.6 Å². The molecule has 3 atom stereocenters. The molecule has 2 aliphatic rings. The molecule has 7 nitrogen and oxygen atoms in total. The Morgan fingerprint density at radius 1 is 1.30 bits per heavy atom. The molecule has 2 N–H and O–H groups in total. The van der Waals surface area contributed by atoms with E-state index in [4.69, 9.17) is 14.2 Å². The Bertz CT molecular complexity index is 1140. The summed E-state index contributed by atoms with van der Waals surface area (Å²) in [5.74, 6) is 1.51. The number of aromatic nitrogens is 2. The zero-order valence-electron chi connectivity index (χ0n) is 18.3. The summed E-state index contributed by atoms with van der Waals surface area (Å²) in [6.45, 7) is 1.12. The first-order chi connectivity index (χ1) is 16.1. The summed E-state index contributed by atoms with van der Waals surface area (Å²) in [5.41, 5.74) is 1.85. The topological polar surface area (TPSA) is 85.7 Å². The maximum Gasteiger partial charge on any atom is 0.213 e. The number of nitrogens with zero attached hydrogens (tertiary/aromatic N) is 2. The van der Waals surface area contributed by atoms with Crippen molar-refractivity contribution < 1.29 is 23.7 Å². The second-order valence-corrected chi connectivity index (χ2v) is 9.24. The van der Waals surface area contributed by atoms with Crippen LogP contribution in [-0.2, 0) is 17.7 Å². The van der Waals surface area contributed by atoms with Crippen LogP contribution in [0.4, 0.5) is 4.39 Å². The maximum atomic E-state index is 14.6. The van der Waals surface area contributed by atoms with Crippen LogP contribution in [-0.4, -0.2) is 53.0 Å². The monoisotopic (exact) mass is 471 g/mol. The minimum absolute atomic E-state index is 0.130. The van der Waals surface area contributed by atoms with E-state index in [0.29, 0.717) is 42.5 Å². The van der Waals surface area contributed by atoms with Gasteiger partial charge in [0.1, 0.15) is 11.8 Å². The molecule has 5 rings (SSSR count). The second-order valence-electron chi connectivity index (χ2n) is 8.28. The number of thioether (sulfide) groups is 1. The number of hydrogen-bond donors (Lipinski definition) is 2. The number of aliphatic hydroxyl groups excluding tert-OH is 1. The molecule has 2 aromatic heterocycles. The second kappa shape index (κ2) is 9.80. The van der Waals surface area contributed by atoms with Gasteiger partial charge in [-0.3, -0.25) is 4.98 Å². The van der Waals surface area contributed by atoms with Gasteiger partial charge in [0.2, 0.25) is 5.88 Å². The average Bonchev–Trinajstić information content (AvgIpc) is 3.32. The molecule has 0 amide bonds. The minimum atomic E-state index is -0.825. The van der Waals surface area contributed by atoms with E-state index in [1.165, 1.54) is 13.2 Å². The molecule has 1 fully saturated rings. The van der Waals surface area contributed by atoms with Gasteiger partial charge in [-0.25, -0.2) is 9.37 Å². The van der Waals surface area contributed by atoms with Crippen LogP contribution >= 0.6 is 11.8 Å². The van der Waals surface area contributed by atoms with Crippen molar-refractivity contribution >= 4 is 22.7 Å². The van der Waals surface area contributed by atoms with Crippen molar-refractivity contribution in [3.05, 3.63) is 53.6 Å². The number of nitrogens with one attached hydrogen (secondary N) is 1. The highest BCUT2D eigenvalue weighted by Crippen LogP contribution is 2.35. The first kappa shape index (κ1) is 22.3. The molecule has 33 heavy (non-hydrogen) atoms. The van der Waals surface area contributed by atoms with E-state index in [2.05, 4.69) is 21.4 Å². The minimum Gasteiger partial charge on any atom is -0.481 e. The fourth-order valence-electron chi connectivity index (χ4n) is 4.28. The third-order valence-electron chi connectivity index (χ3n) is 6.14. The first-order valence-corrected chi connectivity index (χ1v) is 12.0. The predicted octanol–water partition coefficient (Wildman–Crippen LogP) is 3.46. The number of hydrogen-bond acceptors (Lipinski definition) is 8. The Morgan fingerprint density at radius 2 is 2.18 bits per heavy atom. The summed E-state index contributed by atoms with van der Waals surface area (Å²) in [6, 6.07) is 8.90. The van der Waals surface area contributed by atoms with Crippen LogP contribution in [0.15, 0.2) is 41.4 Å².